The Balaban J connectivity index is 1.82. The molecule has 0 saturated heterocycles. The van der Waals surface area contributed by atoms with Crippen molar-refractivity contribution in [1.82, 2.24) is 10.6 Å². The van der Waals surface area contributed by atoms with Crippen molar-refractivity contribution in [2.24, 2.45) is 5.92 Å². The zero-order valence-corrected chi connectivity index (χ0v) is 14.8. The summed E-state index contributed by atoms with van der Waals surface area (Å²) in [5.74, 6) is -1.37. The van der Waals surface area contributed by atoms with Crippen LogP contribution in [0.15, 0.2) is 18.2 Å². The van der Waals surface area contributed by atoms with Crippen molar-refractivity contribution in [3.05, 3.63) is 28.8 Å². The number of carboxylic acid groups (broad SMARTS) is 1. The molecule has 3 N–H and O–H groups in total. The van der Waals surface area contributed by atoms with E-state index in [4.69, 9.17) is 21.4 Å². The van der Waals surface area contributed by atoms with Gasteiger partial charge in [-0.3, -0.25) is 9.59 Å². The standard InChI is InChI=1S/C17H21ClN2O5/c1-9(2)5-12(17(23)24)20-15(21)8-19-16(22)14-7-10-6-11(18)3-4-13(10)25-14/h3-4,6,9,12,14H,5,7-8H2,1-2H3,(H,19,22)(H,20,21)(H,23,24)/t12-,14?/m0/s1. The number of benzene rings is 1. The first-order valence-corrected chi connectivity index (χ1v) is 8.39. The van der Waals surface area contributed by atoms with Gasteiger partial charge in [-0.15, -0.1) is 0 Å². The molecule has 1 heterocycles. The van der Waals surface area contributed by atoms with Gasteiger partial charge in [0.05, 0.1) is 6.54 Å². The molecule has 1 aliphatic rings. The maximum absolute atomic E-state index is 12.1. The van der Waals surface area contributed by atoms with Crippen LogP contribution in [0.1, 0.15) is 25.8 Å². The number of carbonyl (C=O) groups excluding carboxylic acids is 2. The fourth-order valence-corrected chi connectivity index (χ4v) is 2.78. The number of carbonyl (C=O) groups is 3. The quantitative estimate of drug-likeness (QED) is 0.674. The summed E-state index contributed by atoms with van der Waals surface area (Å²) >= 11 is 5.91. The van der Waals surface area contributed by atoms with E-state index >= 15 is 0 Å². The van der Waals surface area contributed by atoms with Crippen LogP contribution in [0.5, 0.6) is 5.75 Å². The number of nitrogens with one attached hydrogen (secondary N) is 2. The van der Waals surface area contributed by atoms with Crippen molar-refractivity contribution in [3.63, 3.8) is 0 Å². The van der Waals surface area contributed by atoms with Gasteiger partial charge in [-0.05, 0) is 36.1 Å². The smallest absolute Gasteiger partial charge is 0.326 e. The predicted octanol–water partition coefficient (Wildman–Crippen LogP) is 1.38. The fraction of sp³-hybridized carbons (Fsp3) is 0.471. The van der Waals surface area contributed by atoms with Gasteiger partial charge in [0, 0.05) is 11.4 Å². The molecule has 136 valence electrons. The molecule has 8 heteroatoms. The Morgan fingerprint density at radius 1 is 1.36 bits per heavy atom. The lowest BCUT2D eigenvalue weighted by atomic mass is 10.0. The Hall–Kier alpha value is -2.28. The van der Waals surface area contributed by atoms with Gasteiger partial charge in [0.2, 0.25) is 5.91 Å². The predicted molar refractivity (Wildman–Crippen MR) is 91.6 cm³/mol. The van der Waals surface area contributed by atoms with Crippen molar-refractivity contribution >= 4 is 29.4 Å². The summed E-state index contributed by atoms with van der Waals surface area (Å²) in [4.78, 5) is 35.1. The largest absolute Gasteiger partial charge is 0.480 e. The molecule has 1 aromatic carbocycles. The van der Waals surface area contributed by atoms with Crippen LogP contribution in [-0.2, 0) is 20.8 Å². The van der Waals surface area contributed by atoms with E-state index in [2.05, 4.69) is 10.6 Å². The fourth-order valence-electron chi connectivity index (χ4n) is 2.58. The lowest BCUT2D eigenvalue weighted by Crippen LogP contribution is -2.48. The summed E-state index contributed by atoms with van der Waals surface area (Å²) in [6.07, 6.45) is -0.0437. The number of hydrogen-bond donors (Lipinski definition) is 3. The molecule has 2 rings (SSSR count). The van der Waals surface area contributed by atoms with Gasteiger partial charge >= 0.3 is 5.97 Å². The molecule has 1 aromatic rings. The summed E-state index contributed by atoms with van der Waals surface area (Å²) in [6.45, 7) is 3.42. The van der Waals surface area contributed by atoms with Gasteiger partial charge in [0.25, 0.3) is 5.91 Å². The van der Waals surface area contributed by atoms with E-state index < -0.39 is 29.9 Å². The molecule has 25 heavy (non-hydrogen) atoms. The minimum atomic E-state index is -1.10. The van der Waals surface area contributed by atoms with Crippen molar-refractivity contribution in [2.45, 2.75) is 38.8 Å². The van der Waals surface area contributed by atoms with Gasteiger partial charge in [-0.25, -0.2) is 4.79 Å². The molecular formula is C17H21ClN2O5. The molecule has 0 spiro atoms. The topological polar surface area (TPSA) is 105 Å². The Bertz CT molecular complexity index is 677. The van der Waals surface area contributed by atoms with E-state index in [1.807, 2.05) is 13.8 Å². The molecule has 7 nitrogen and oxygen atoms in total. The number of amides is 2. The van der Waals surface area contributed by atoms with E-state index in [1.54, 1.807) is 18.2 Å². The van der Waals surface area contributed by atoms with Gasteiger partial charge < -0.3 is 20.5 Å². The number of hydrogen-bond acceptors (Lipinski definition) is 4. The molecular weight excluding hydrogens is 348 g/mol. The average molecular weight is 369 g/mol. The number of rotatable bonds is 7. The van der Waals surface area contributed by atoms with Crippen molar-refractivity contribution in [2.75, 3.05) is 6.54 Å². The lowest BCUT2D eigenvalue weighted by Gasteiger charge is -2.17. The number of fused-ring (bicyclic) bond motifs is 1. The van der Waals surface area contributed by atoms with E-state index in [-0.39, 0.29) is 12.5 Å². The van der Waals surface area contributed by atoms with Crippen LogP contribution in [0.25, 0.3) is 0 Å². The molecule has 0 saturated carbocycles. The van der Waals surface area contributed by atoms with E-state index in [0.29, 0.717) is 23.6 Å². The SMILES string of the molecule is CC(C)C[C@H](NC(=O)CNC(=O)C1Cc2cc(Cl)ccc2O1)C(=O)O. The monoisotopic (exact) mass is 368 g/mol. The third-order valence-corrected chi connectivity index (χ3v) is 3.99. The van der Waals surface area contributed by atoms with Crippen LogP contribution in [0.3, 0.4) is 0 Å². The Morgan fingerprint density at radius 3 is 2.72 bits per heavy atom. The maximum Gasteiger partial charge on any atom is 0.326 e. The van der Waals surface area contributed by atoms with E-state index in [1.165, 1.54) is 0 Å². The first-order valence-electron chi connectivity index (χ1n) is 8.01. The molecule has 2 atom stereocenters. The third-order valence-electron chi connectivity index (χ3n) is 3.75. The van der Waals surface area contributed by atoms with Crippen LogP contribution >= 0.6 is 11.6 Å². The second kappa shape index (κ2) is 8.20. The summed E-state index contributed by atoms with van der Waals surface area (Å²) in [6, 6.07) is 4.13. The second-order valence-electron chi connectivity index (χ2n) is 6.37. The van der Waals surface area contributed by atoms with Gasteiger partial charge in [0.15, 0.2) is 6.10 Å². The molecule has 0 bridgehead atoms. The molecule has 1 aliphatic heterocycles. The van der Waals surface area contributed by atoms with Crippen molar-refractivity contribution in [3.8, 4) is 5.75 Å². The third kappa shape index (κ3) is 5.35. The van der Waals surface area contributed by atoms with Crippen LogP contribution in [0, 0.1) is 5.92 Å². The minimum Gasteiger partial charge on any atom is -0.480 e. The number of halogens is 1. The number of aliphatic carboxylic acids is 1. The van der Waals surface area contributed by atoms with Crippen molar-refractivity contribution < 1.29 is 24.2 Å². The summed E-state index contributed by atoms with van der Waals surface area (Å²) in [5, 5.41) is 14.5. The molecule has 0 fully saturated rings. The molecule has 1 unspecified atom stereocenters. The zero-order valence-electron chi connectivity index (χ0n) is 14.0. The highest BCUT2D eigenvalue weighted by molar-refractivity contribution is 6.30. The molecule has 0 aromatic heterocycles. The van der Waals surface area contributed by atoms with Crippen LogP contribution in [0.4, 0.5) is 0 Å². The first kappa shape index (κ1) is 19.1. The van der Waals surface area contributed by atoms with E-state index in [0.717, 1.165) is 5.56 Å². The zero-order chi connectivity index (χ0) is 18.6. The lowest BCUT2D eigenvalue weighted by molar-refractivity contribution is -0.142. The van der Waals surface area contributed by atoms with E-state index in [9.17, 15) is 14.4 Å². The first-order chi connectivity index (χ1) is 11.8. The Kier molecular flexibility index (Phi) is 6.25. The van der Waals surface area contributed by atoms with Crippen LogP contribution in [-0.4, -0.2) is 41.6 Å². The summed E-state index contributed by atoms with van der Waals surface area (Å²) in [7, 11) is 0. The molecule has 0 radical (unpaired) electrons. The highest BCUT2D eigenvalue weighted by Crippen LogP contribution is 2.31. The average Bonchev–Trinajstić information content (AvgIpc) is 2.94. The summed E-state index contributed by atoms with van der Waals surface area (Å²) < 4.78 is 5.53. The molecule has 0 aliphatic carbocycles. The van der Waals surface area contributed by atoms with Gasteiger partial charge in [-0.2, -0.15) is 0 Å². The van der Waals surface area contributed by atoms with Gasteiger partial charge in [-0.1, -0.05) is 25.4 Å². The normalized spacial score (nSPS) is 16.7. The van der Waals surface area contributed by atoms with Gasteiger partial charge in [0.1, 0.15) is 11.8 Å². The Morgan fingerprint density at radius 2 is 2.08 bits per heavy atom. The summed E-state index contributed by atoms with van der Waals surface area (Å²) in [5.41, 5.74) is 0.833. The highest BCUT2D eigenvalue weighted by atomic mass is 35.5. The van der Waals surface area contributed by atoms with Crippen molar-refractivity contribution in [1.29, 1.82) is 0 Å². The maximum atomic E-state index is 12.1. The van der Waals surface area contributed by atoms with Crippen LogP contribution < -0.4 is 15.4 Å². The second-order valence-corrected chi connectivity index (χ2v) is 6.80. The number of ether oxygens (including phenoxy) is 1. The van der Waals surface area contributed by atoms with Crippen LogP contribution in [0.2, 0.25) is 5.02 Å². The highest BCUT2D eigenvalue weighted by Gasteiger charge is 2.29. The number of carboxylic acids is 1. The minimum absolute atomic E-state index is 0.119. The molecule has 2 amide bonds. The Labute approximate surface area is 150 Å².